The minimum atomic E-state index is -0.705. The summed E-state index contributed by atoms with van der Waals surface area (Å²) in [5, 5.41) is 7.96. The van der Waals surface area contributed by atoms with Crippen LogP contribution in [0.1, 0.15) is 5.56 Å². The highest BCUT2D eigenvalue weighted by Gasteiger charge is 2.07. The molecule has 5 heteroatoms. The fourth-order valence-electron chi connectivity index (χ4n) is 0.784. The van der Waals surface area contributed by atoms with Crippen molar-refractivity contribution in [1.82, 2.24) is 5.48 Å². The Hall–Kier alpha value is -0.710. The zero-order valence-electron chi connectivity index (χ0n) is 5.94. The Bertz CT molecular complexity index is 293. The first kappa shape index (κ1) is 9.38. The molecule has 1 aromatic carbocycles. The van der Waals surface area contributed by atoms with Crippen molar-refractivity contribution in [3.8, 4) is 0 Å². The van der Waals surface area contributed by atoms with E-state index < -0.39 is 11.6 Å². The number of halogens is 3. The summed E-state index contributed by atoms with van der Waals surface area (Å²) in [6.45, 7) is -0.153. The van der Waals surface area contributed by atoms with Gasteiger partial charge >= 0.3 is 0 Å². The molecule has 0 spiro atoms. The first-order valence-corrected chi connectivity index (χ1v) is 3.53. The minimum absolute atomic E-state index is 0.0272. The molecule has 0 aliphatic heterocycles. The molecular weight excluding hydrogens is 188 g/mol. The largest absolute Gasteiger partial charge is 0.316 e. The van der Waals surface area contributed by atoms with Crippen LogP contribution in [-0.4, -0.2) is 5.21 Å². The van der Waals surface area contributed by atoms with Crippen molar-refractivity contribution in [2.75, 3.05) is 0 Å². The van der Waals surface area contributed by atoms with E-state index in [-0.39, 0.29) is 17.1 Å². The lowest BCUT2D eigenvalue weighted by Crippen LogP contribution is -2.08. The van der Waals surface area contributed by atoms with Crippen molar-refractivity contribution in [1.29, 1.82) is 0 Å². The number of benzene rings is 1. The molecule has 2 N–H and O–H groups in total. The predicted molar refractivity (Wildman–Crippen MR) is 40.0 cm³/mol. The second-order valence-corrected chi connectivity index (χ2v) is 2.60. The minimum Gasteiger partial charge on any atom is -0.316 e. The van der Waals surface area contributed by atoms with Crippen LogP contribution < -0.4 is 5.48 Å². The van der Waals surface area contributed by atoms with Gasteiger partial charge in [-0.3, -0.25) is 0 Å². The van der Waals surface area contributed by atoms with Gasteiger partial charge in [-0.1, -0.05) is 11.6 Å². The monoisotopic (exact) mass is 193 g/mol. The molecule has 0 bridgehead atoms. The summed E-state index contributed by atoms with van der Waals surface area (Å²) in [6.07, 6.45) is 0. The van der Waals surface area contributed by atoms with Gasteiger partial charge < -0.3 is 5.21 Å². The number of hydroxylamine groups is 1. The van der Waals surface area contributed by atoms with Gasteiger partial charge in [0, 0.05) is 12.1 Å². The van der Waals surface area contributed by atoms with E-state index >= 15 is 0 Å². The van der Waals surface area contributed by atoms with Crippen LogP contribution in [0.3, 0.4) is 0 Å². The van der Waals surface area contributed by atoms with E-state index in [0.29, 0.717) is 0 Å². The molecule has 0 radical (unpaired) electrons. The van der Waals surface area contributed by atoms with Gasteiger partial charge in [-0.2, -0.15) is 0 Å². The average Bonchev–Trinajstić information content (AvgIpc) is 2.01. The quantitative estimate of drug-likeness (QED) is 0.557. The van der Waals surface area contributed by atoms with E-state index in [9.17, 15) is 8.78 Å². The molecule has 0 heterocycles. The highest BCUT2D eigenvalue weighted by molar-refractivity contribution is 6.30. The molecule has 0 aromatic heterocycles. The van der Waals surface area contributed by atoms with E-state index in [1.165, 1.54) is 0 Å². The fourth-order valence-corrected chi connectivity index (χ4v) is 0.935. The zero-order valence-corrected chi connectivity index (χ0v) is 6.70. The Labute approximate surface area is 72.7 Å². The van der Waals surface area contributed by atoms with Crippen LogP contribution in [0.15, 0.2) is 12.1 Å². The molecule has 0 fully saturated rings. The lowest BCUT2D eigenvalue weighted by atomic mass is 10.2. The maximum absolute atomic E-state index is 12.8. The summed E-state index contributed by atoms with van der Waals surface area (Å²) >= 11 is 5.29. The van der Waals surface area contributed by atoms with Crippen LogP contribution in [0.4, 0.5) is 8.78 Å². The van der Waals surface area contributed by atoms with Gasteiger partial charge in [0.05, 0.1) is 5.02 Å². The first-order chi connectivity index (χ1) is 5.65. The topological polar surface area (TPSA) is 32.3 Å². The average molecular weight is 194 g/mol. The number of hydrogen-bond acceptors (Lipinski definition) is 2. The second kappa shape index (κ2) is 3.80. The third kappa shape index (κ3) is 1.91. The van der Waals surface area contributed by atoms with E-state index in [4.69, 9.17) is 16.8 Å². The molecule has 1 aromatic rings. The molecule has 2 nitrogen and oxygen atoms in total. The van der Waals surface area contributed by atoms with E-state index in [1.54, 1.807) is 5.48 Å². The SMILES string of the molecule is ONCc1cc(F)c(Cl)cc1F. The fraction of sp³-hybridized carbons (Fsp3) is 0.143. The van der Waals surface area contributed by atoms with Gasteiger partial charge in [0.2, 0.25) is 0 Å². The van der Waals surface area contributed by atoms with E-state index in [1.807, 2.05) is 0 Å². The summed E-state index contributed by atoms with van der Waals surface area (Å²) in [7, 11) is 0. The Kier molecular flexibility index (Phi) is 2.97. The standard InChI is InChI=1S/C7H6ClF2NO/c8-5-2-6(9)4(3-11-12)1-7(5)10/h1-2,11-12H,3H2. The van der Waals surface area contributed by atoms with Gasteiger partial charge in [0.1, 0.15) is 11.6 Å². The van der Waals surface area contributed by atoms with Crippen LogP contribution in [0, 0.1) is 11.6 Å². The molecular formula is C7H6ClF2NO. The van der Waals surface area contributed by atoms with Crippen molar-refractivity contribution in [3.63, 3.8) is 0 Å². The number of rotatable bonds is 2. The zero-order chi connectivity index (χ0) is 9.14. The number of nitrogens with one attached hydrogen (secondary N) is 1. The van der Waals surface area contributed by atoms with Crippen molar-refractivity contribution >= 4 is 11.6 Å². The van der Waals surface area contributed by atoms with Crippen LogP contribution >= 0.6 is 11.6 Å². The summed E-state index contributed by atoms with van der Waals surface area (Å²) in [6, 6.07) is 1.80. The summed E-state index contributed by atoms with van der Waals surface area (Å²) in [5.41, 5.74) is 1.75. The van der Waals surface area contributed by atoms with Gasteiger partial charge in [-0.05, 0) is 12.1 Å². The molecule has 1 rings (SSSR count). The first-order valence-electron chi connectivity index (χ1n) is 3.15. The normalized spacial score (nSPS) is 10.3. The van der Waals surface area contributed by atoms with Crippen molar-refractivity contribution in [2.45, 2.75) is 6.54 Å². The Balaban J connectivity index is 3.05. The smallest absolute Gasteiger partial charge is 0.142 e. The second-order valence-electron chi connectivity index (χ2n) is 2.19. The van der Waals surface area contributed by atoms with Crippen LogP contribution in [0.25, 0.3) is 0 Å². The van der Waals surface area contributed by atoms with Gasteiger partial charge in [-0.25, -0.2) is 14.3 Å². The summed E-state index contributed by atoms with van der Waals surface area (Å²) in [4.78, 5) is 0. The van der Waals surface area contributed by atoms with E-state index in [0.717, 1.165) is 12.1 Å². The molecule has 0 saturated heterocycles. The van der Waals surface area contributed by atoms with Crippen molar-refractivity contribution in [2.24, 2.45) is 0 Å². The lowest BCUT2D eigenvalue weighted by Gasteiger charge is -2.02. The van der Waals surface area contributed by atoms with Gasteiger partial charge in [-0.15, -0.1) is 0 Å². The molecule has 0 atom stereocenters. The van der Waals surface area contributed by atoms with Gasteiger partial charge in [0.15, 0.2) is 0 Å². The Morgan fingerprint density at radius 3 is 2.58 bits per heavy atom. The maximum Gasteiger partial charge on any atom is 0.142 e. The molecule has 0 unspecified atom stereocenters. The molecule has 66 valence electrons. The van der Waals surface area contributed by atoms with Crippen molar-refractivity contribution < 1.29 is 14.0 Å². The van der Waals surface area contributed by atoms with Crippen LogP contribution in [0.5, 0.6) is 0 Å². The predicted octanol–water partition coefficient (Wildman–Crippen LogP) is 2.10. The highest BCUT2D eigenvalue weighted by Crippen LogP contribution is 2.18. The van der Waals surface area contributed by atoms with Crippen LogP contribution in [0.2, 0.25) is 5.02 Å². The molecule has 0 aliphatic rings. The van der Waals surface area contributed by atoms with Crippen molar-refractivity contribution in [3.05, 3.63) is 34.4 Å². The summed E-state index contributed by atoms with van der Waals surface area (Å²) in [5.74, 6) is -1.36. The third-order valence-electron chi connectivity index (χ3n) is 1.36. The molecule has 12 heavy (non-hydrogen) atoms. The Morgan fingerprint density at radius 2 is 2.00 bits per heavy atom. The molecule has 0 amide bonds. The van der Waals surface area contributed by atoms with E-state index in [2.05, 4.69) is 0 Å². The maximum atomic E-state index is 12.8. The van der Waals surface area contributed by atoms with Gasteiger partial charge in [0.25, 0.3) is 0 Å². The molecule has 0 saturated carbocycles. The third-order valence-corrected chi connectivity index (χ3v) is 1.65. The lowest BCUT2D eigenvalue weighted by molar-refractivity contribution is 0.160. The number of hydrogen-bond donors (Lipinski definition) is 2. The van der Waals surface area contributed by atoms with Crippen LogP contribution in [-0.2, 0) is 6.54 Å². The summed E-state index contributed by atoms with van der Waals surface area (Å²) < 4.78 is 25.5. The molecule has 0 aliphatic carbocycles. The Morgan fingerprint density at radius 1 is 1.33 bits per heavy atom. The highest BCUT2D eigenvalue weighted by atomic mass is 35.5.